The van der Waals surface area contributed by atoms with Crippen LogP contribution in [0.25, 0.3) is 0 Å². The summed E-state index contributed by atoms with van der Waals surface area (Å²) in [5, 5.41) is 4.22. The van der Waals surface area contributed by atoms with Crippen molar-refractivity contribution in [3.8, 4) is 5.75 Å². The zero-order chi connectivity index (χ0) is 18.7. The van der Waals surface area contributed by atoms with Gasteiger partial charge in [-0.2, -0.15) is 5.10 Å². The standard InChI is InChI=1S/C19H26N4O3/c1-13-4-5-14(2)17(8-13)26-12-19(24)23-11-16(25-3)9-15(23)10-22-7-6-18(20)21-22/h4-8,15-16H,9-12H2,1-3H3,(H2,20,21)/t15-,16-/m0/s1. The van der Waals surface area contributed by atoms with Crippen molar-refractivity contribution in [2.45, 2.75) is 39.0 Å². The highest BCUT2D eigenvalue weighted by Gasteiger charge is 2.35. The average Bonchev–Trinajstić information content (AvgIpc) is 3.21. The third-order valence-electron chi connectivity index (χ3n) is 4.78. The lowest BCUT2D eigenvalue weighted by Gasteiger charge is -2.24. The van der Waals surface area contributed by atoms with Crippen LogP contribution in [0.5, 0.6) is 5.75 Å². The van der Waals surface area contributed by atoms with Gasteiger partial charge in [0.25, 0.3) is 5.91 Å². The zero-order valence-corrected chi connectivity index (χ0v) is 15.5. The van der Waals surface area contributed by atoms with Gasteiger partial charge in [0.15, 0.2) is 6.61 Å². The molecule has 7 nitrogen and oxygen atoms in total. The van der Waals surface area contributed by atoms with Crippen molar-refractivity contribution < 1.29 is 14.3 Å². The summed E-state index contributed by atoms with van der Waals surface area (Å²) in [5.74, 6) is 1.18. The van der Waals surface area contributed by atoms with Gasteiger partial charge >= 0.3 is 0 Å². The van der Waals surface area contributed by atoms with E-state index in [1.807, 2.05) is 43.1 Å². The van der Waals surface area contributed by atoms with Crippen LogP contribution < -0.4 is 10.5 Å². The summed E-state index contributed by atoms with van der Waals surface area (Å²) in [5.41, 5.74) is 7.80. The van der Waals surface area contributed by atoms with Crippen molar-refractivity contribution in [1.29, 1.82) is 0 Å². The Balaban J connectivity index is 1.66. The molecular weight excluding hydrogens is 332 g/mol. The van der Waals surface area contributed by atoms with Crippen molar-refractivity contribution in [3.63, 3.8) is 0 Å². The lowest BCUT2D eigenvalue weighted by Crippen LogP contribution is -2.41. The monoisotopic (exact) mass is 358 g/mol. The largest absolute Gasteiger partial charge is 0.483 e. The molecule has 2 heterocycles. The summed E-state index contributed by atoms with van der Waals surface area (Å²) in [4.78, 5) is 14.6. The number of likely N-dealkylation sites (tertiary alicyclic amines) is 1. The maximum absolute atomic E-state index is 12.8. The van der Waals surface area contributed by atoms with Crippen LogP contribution >= 0.6 is 0 Å². The highest BCUT2D eigenvalue weighted by atomic mass is 16.5. The molecule has 140 valence electrons. The molecule has 1 aliphatic heterocycles. The minimum atomic E-state index is -0.0458. The van der Waals surface area contributed by atoms with Crippen molar-refractivity contribution in [3.05, 3.63) is 41.6 Å². The summed E-state index contributed by atoms with van der Waals surface area (Å²) in [6.45, 7) is 5.14. The van der Waals surface area contributed by atoms with Crippen LogP contribution in [-0.2, 0) is 16.1 Å². The second kappa shape index (κ2) is 7.78. The van der Waals surface area contributed by atoms with Crippen LogP contribution in [0.15, 0.2) is 30.5 Å². The third-order valence-corrected chi connectivity index (χ3v) is 4.78. The number of carbonyl (C=O) groups excluding carboxylic acids is 1. The molecule has 1 saturated heterocycles. The first-order chi connectivity index (χ1) is 12.5. The summed E-state index contributed by atoms with van der Waals surface area (Å²) in [7, 11) is 1.67. The van der Waals surface area contributed by atoms with Crippen LogP contribution in [0.2, 0.25) is 0 Å². The SMILES string of the molecule is CO[C@H]1C[C@@H](Cn2ccc(N)n2)N(C(=O)COc2cc(C)ccc2C)C1. The second-order valence-electron chi connectivity index (χ2n) is 6.81. The van der Waals surface area contributed by atoms with Crippen LogP contribution in [0.4, 0.5) is 5.82 Å². The number of nitrogen functional groups attached to an aromatic ring is 1. The van der Waals surface area contributed by atoms with Gasteiger partial charge in [-0.25, -0.2) is 0 Å². The number of benzene rings is 1. The number of ether oxygens (including phenoxy) is 2. The fraction of sp³-hybridized carbons (Fsp3) is 0.474. The van der Waals surface area contributed by atoms with E-state index in [4.69, 9.17) is 15.2 Å². The number of carbonyl (C=O) groups is 1. The van der Waals surface area contributed by atoms with Gasteiger partial charge < -0.3 is 20.1 Å². The first kappa shape index (κ1) is 18.3. The molecule has 0 radical (unpaired) electrons. The van der Waals surface area contributed by atoms with E-state index in [-0.39, 0.29) is 24.7 Å². The van der Waals surface area contributed by atoms with E-state index < -0.39 is 0 Å². The van der Waals surface area contributed by atoms with Crippen molar-refractivity contribution >= 4 is 11.7 Å². The molecule has 2 N–H and O–H groups in total. The van der Waals surface area contributed by atoms with Gasteiger partial charge in [0, 0.05) is 19.9 Å². The molecule has 0 bridgehead atoms. The Kier molecular flexibility index (Phi) is 5.46. The van der Waals surface area contributed by atoms with Gasteiger partial charge in [-0.05, 0) is 43.5 Å². The summed E-state index contributed by atoms with van der Waals surface area (Å²) in [6.07, 6.45) is 2.62. The zero-order valence-electron chi connectivity index (χ0n) is 15.5. The number of hydrogen-bond donors (Lipinski definition) is 1. The molecule has 1 fully saturated rings. The molecule has 26 heavy (non-hydrogen) atoms. The second-order valence-corrected chi connectivity index (χ2v) is 6.81. The number of nitrogens with zero attached hydrogens (tertiary/aromatic N) is 3. The minimum Gasteiger partial charge on any atom is -0.483 e. The van der Waals surface area contributed by atoms with Crippen molar-refractivity contribution in [2.24, 2.45) is 0 Å². The van der Waals surface area contributed by atoms with Crippen LogP contribution in [-0.4, -0.2) is 53.0 Å². The number of anilines is 1. The fourth-order valence-electron chi connectivity index (χ4n) is 3.30. The number of rotatable bonds is 6. The Bertz CT molecular complexity index is 774. The summed E-state index contributed by atoms with van der Waals surface area (Å²) >= 11 is 0. The molecule has 1 amide bonds. The van der Waals surface area contributed by atoms with Crippen LogP contribution in [0.3, 0.4) is 0 Å². The van der Waals surface area contributed by atoms with E-state index in [1.54, 1.807) is 17.9 Å². The van der Waals surface area contributed by atoms with E-state index in [2.05, 4.69) is 5.10 Å². The van der Waals surface area contributed by atoms with Crippen LogP contribution in [0.1, 0.15) is 17.5 Å². The highest BCUT2D eigenvalue weighted by Crippen LogP contribution is 2.23. The van der Waals surface area contributed by atoms with Gasteiger partial charge in [-0.1, -0.05) is 12.1 Å². The Morgan fingerprint density at radius 3 is 2.85 bits per heavy atom. The quantitative estimate of drug-likeness (QED) is 0.851. The normalized spacial score (nSPS) is 19.7. The van der Waals surface area contributed by atoms with E-state index in [1.165, 1.54) is 0 Å². The Morgan fingerprint density at radius 2 is 2.15 bits per heavy atom. The third kappa shape index (κ3) is 4.16. The lowest BCUT2D eigenvalue weighted by atomic mass is 10.1. The lowest BCUT2D eigenvalue weighted by molar-refractivity contribution is -0.134. The Hall–Kier alpha value is -2.54. The smallest absolute Gasteiger partial charge is 0.260 e. The summed E-state index contributed by atoms with van der Waals surface area (Å²) < 4.78 is 13.0. The molecule has 2 atom stereocenters. The predicted molar refractivity (Wildman–Crippen MR) is 99.0 cm³/mol. The van der Waals surface area contributed by atoms with Gasteiger partial charge in [0.2, 0.25) is 0 Å². The Morgan fingerprint density at radius 1 is 1.35 bits per heavy atom. The number of methoxy groups -OCH3 is 1. The molecule has 0 saturated carbocycles. The molecule has 3 rings (SSSR count). The molecule has 2 aromatic rings. The van der Waals surface area contributed by atoms with E-state index >= 15 is 0 Å². The first-order valence-corrected chi connectivity index (χ1v) is 8.77. The average molecular weight is 358 g/mol. The molecule has 0 spiro atoms. The fourth-order valence-corrected chi connectivity index (χ4v) is 3.30. The summed E-state index contributed by atoms with van der Waals surface area (Å²) in [6, 6.07) is 7.73. The molecule has 1 aliphatic rings. The van der Waals surface area contributed by atoms with Crippen LogP contribution in [0, 0.1) is 13.8 Å². The number of aromatic nitrogens is 2. The molecule has 0 aliphatic carbocycles. The molecule has 1 aromatic heterocycles. The number of amides is 1. The Labute approximate surface area is 153 Å². The van der Waals surface area contributed by atoms with Gasteiger partial charge in [-0.15, -0.1) is 0 Å². The first-order valence-electron chi connectivity index (χ1n) is 8.77. The van der Waals surface area contributed by atoms with Crippen molar-refractivity contribution in [1.82, 2.24) is 14.7 Å². The molecular formula is C19H26N4O3. The minimum absolute atomic E-state index is 0.00829. The molecule has 1 aromatic carbocycles. The molecule has 0 unspecified atom stereocenters. The predicted octanol–water partition coefficient (Wildman–Crippen LogP) is 1.78. The molecule has 7 heteroatoms. The van der Waals surface area contributed by atoms with Gasteiger partial charge in [-0.3, -0.25) is 9.48 Å². The van der Waals surface area contributed by atoms with Crippen molar-refractivity contribution in [2.75, 3.05) is 26.0 Å². The van der Waals surface area contributed by atoms with E-state index in [0.29, 0.717) is 18.9 Å². The maximum atomic E-state index is 12.8. The van der Waals surface area contributed by atoms with E-state index in [0.717, 1.165) is 23.3 Å². The number of hydrogen-bond acceptors (Lipinski definition) is 5. The topological polar surface area (TPSA) is 82.6 Å². The number of aryl methyl sites for hydroxylation is 2. The van der Waals surface area contributed by atoms with Gasteiger partial charge in [0.05, 0.1) is 18.7 Å². The highest BCUT2D eigenvalue weighted by molar-refractivity contribution is 5.78. The van der Waals surface area contributed by atoms with Gasteiger partial charge in [0.1, 0.15) is 11.6 Å². The number of nitrogens with two attached hydrogens (primary N) is 1. The van der Waals surface area contributed by atoms with E-state index in [9.17, 15) is 4.79 Å². The maximum Gasteiger partial charge on any atom is 0.260 e.